The summed E-state index contributed by atoms with van der Waals surface area (Å²) < 4.78 is 0. The number of likely N-dealkylation sites (N-methyl/N-ethyl adjacent to an activating group) is 1. The summed E-state index contributed by atoms with van der Waals surface area (Å²) in [5.74, 6) is -0.0603. The second-order valence-electron chi connectivity index (χ2n) is 5.91. The van der Waals surface area contributed by atoms with E-state index in [2.05, 4.69) is 31.0 Å². The molecular weight excluding hydrogens is 240 g/mol. The maximum absolute atomic E-state index is 11.3. The lowest BCUT2D eigenvalue weighted by Gasteiger charge is -2.27. The van der Waals surface area contributed by atoms with Gasteiger partial charge in [0, 0.05) is 6.54 Å². The second-order valence-corrected chi connectivity index (χ2v) is 5.91. The van der Waals surface area contributed by atoms with Gasteiger partial charge >= 0.3 is 5.97 Å². The molecule has 0 heterocycles. The minimum Gasteiger partial charge on any atom is -0.480 e. The summed E-state index contributed by atoms with van der Waals surface area (Å²) in [6.07, 6.45) is 2.70. The van der Waals surface area contributed by atoms with Gasteiger partial charge in [-0.25, -0.2) is 0 Å². The van der Waals surface area contributed by atoms with E-state index >= 15 is 0 Å². The number of carboxylic acids is 1. The van der Waals surface area contributed by atoms with E-state index in [1.807, 2.05) is 6.92 Å². The van der Waals surface area contributed by atoms with Crippen molar-refractivity contribution in [2.24, 2.45) is 5.92 Å². The number of aliphatic carboxylic acids is 1. The van der Waals surface area contributed by atoms with Crippen molar-refractivity contribution >= 4 is 5.97 Å². The molecule has 0 rings (SSSR count). The van der Waals surface area contributed by atoms with Gasteiger partial charge in [0.15, 0.2) is 0 Å². The standard InChI is InChI=1S/C15H32N2O2/c1-6-16-15(5,14(18)19)10-8-9-11-17(7-2)12-13(3)4/h13,16H,6-12H2,1-5H3,(H,18,19). The summed E-state index contributed by atoms with van der Waals surface area (Å²) >= 11 is 0. The quantitative estimate of drug-likeness (QED) is 0.568. The molecule has 0 aromatic rings. The van der Waals surface area contributed by atoms with Crippen molar-refractivity contribution < 1.29 is 9.90 Å². The highest BCUT2D eigenvalue weighted by atomic mass is 16.4. The van der Waals surface area contributed by atoms with E-state index in [-0.39, 0.29) is 0 Å². The van der Waals surface area contributed by atoms with Crippen LogP contribution >= 0.6 is 0 Å². The number of carbonyl (C=O) groups is 1. The van der Waals surface area contributed by atoms with Crippen LogP contribution in [0.4, 0.5) is 0 Å². The topological polar surface area (TPSA) is 52.6 Å². The van der Waals surface area contributed by atoms with E-state index in [1.54, 1.807) is 6.92 Å². The third-order valence-corrected chi connectivity index (χ3v) is 3.51. The molecule has 0 aromatic carbocycles. The fourth-order valence-corrected chi connectivity index (χ4v) is 2.37. The minimum atomic E-state index is -0.774. The normalized spacial score (nSPS) is 14.9. The van der Waals surface area contributed by atoms with Gasteiger partial charge in [-0.3, -0.25) is 4.79 Å². The molecule has 0 saturated heterocycles. The lowest BCUT2D eigenvalue weighted by Crippen LogP contribution is -2.49. The first-order valence-electron chi connectivity index (χ1n) is 7.56. The summed E-state index contributed by atoms with van der Waals surface area (Å²) in [6, 6.07) is 0. The first-order valence-corrected chi connectivity index (χ1v) is 7.56. The van der Waals surface area contributed by atoms with Crippen LogP contribution < -0.4 is 5.32 Å². The smallest absolute Gasteiger partial charge is 0.323 e. The number of rotatable bonds is 11. The van der Waals surface area contributed by atoms with Crippen LogP contribution in [0.15, 0.2) is 0 Å². The Morgan fingerprint density at radius 1 is 1.32 bits per heavy atom. The molecule has 1 atom stereocenters. The zero-order valence-corrected chi connectivity index (χ0v) is 13.3. The maximum atomic E-state index is 11.3. The molecule has 0 radical (unpaired) electrons. The predicted octanol–water partition coefficient (Wildman–Crippen LogP) is 2.59. The molecule has 0 aliphatic carbocycles. The summed E-state index contributed by atoms with van der Waals surface area (Å²) in [6.45, 7) is 14.3. The number of carboxylic acid groups (broad SMARTS) is 1. The van der Waals surface area contributed by atoms with Crippen LogP contribution in [0.3, 0.4) is 0 Å². The summed E-state index contributed by atoms with van der Waals surface area (Å²) in [4.78, 5) is 13.7. The Hall–Kier alpha value is -0.610. The largest absolute Gasteiger partial charge is 0.480 e. The second kappa shape index (κ2) is 9.32. The third-order valence-electron chi connectivity index (χ3n) is 3.51. The fourth-order valence-electron chi connectivity index (χ4n) is 2.37. The van der Waals surface area contributed by atoms with Gasteiger partial charge in [0.25, 0.3) is 0 Å². The Morgan fingerprint density at radius 3 is 2.37 bits per heavy atom. The molecule has 0 amide bonds. The Balaban J connectivity index is 4.02. The van der Waals surface area contributed by atoms with Gasteiger partial charge in [-0.2, -0.15) is 0 Å². The molecule has 0 bridgehead atoms. The molecule has 4 heteroatoms. The van der Waals surface area contributed by atoms with Gasteiger partial charge in [-0.05, 0) is 51.7 Å². The van der Waals surface area contributed by atoms with E-state index in [1.165, 1.54) is 0 Å². The van der Waals surface area contributed by atoms with Crippen LogP contribution in [0.1, 0.15) is 53.9 Å². The molecule has 2 N–H and O–H groups in total. The molecule has 4 nitrogen and oxygen atoms in total. The Kier molecular flexibility index (Phi) is 9.02. The molecule has 1 unspecified atom stereocenters. The molecule has 0 saturated carbocycles. The lowest BCUT2D eigenvalue weighted by atomic mass is 9.94. The minimum absolute atomic E-state index is 0.686. The average Bonchev–Trinajstić information content (AvgIpc) is 2.32. The van der Waals surface area contributed by atoms with E-state index < -0.39 is 11.5 Å². The molecule has 0 fully saturated rings. The van der Waals surface area contributed by atoms with Gasteiger partial charge in [0.1, 0.15) is 5.54 Å². The van der Waals surface area contributed by atoms with Crippen LogP contribution in [0.25, 0.3) is 0 Å². The maximum Gasteiger partial charge on any atom is 0.323 e. The number of hydrogen-bond acceptors (Lipinski definition) is 3. The highest BCUT2D eigenvalue weighted by Crippen LogP contribution is 2.14. The Labute approximate surface area is 118 Å². The van der Waals surface area contributed by atoms with Crippen molar-refractivity contribution in [3.05, 3.63) is 0 Å². The van der Waals surface area contributed by atoms with Crippen molar-refractivity contribution in [1.82, 2.24) is 10.2 Å². The van der Waals surface area contributed by atoms with Gasteiger partial charge in [-0.1, -0.05) is 27.7 Å². The van der Waals surface area contributed by atoms with Gasteiger partial charge in [-0.15, -0.1) is 0 Å². The van der Waals surface area contributed by atoms with Crippen LogP contribution in [0, 0.1) is 5.92 Å². The van der Waals surface area contributed by atoms with Crippen molar-refractivity contribution in [3.8, 4) is 0 Å². The summed E-state index contributed by atoms with van der Waals surface area (Å²) in [5.41, 5.74) is -0.774. The van der Waals surface area contributed by atoms with Crippen molar-refractivity contribution in [3.63, 3.8) is 0 Å². The van der Waals surface area contributed by atoms with E-state index in [4.69, 9.17) is 0 Å². The Bertz CT molecular complexity index is 257. The number of nitrogens with one attached hydrogen (secondary N) is 1. The number of hydrogen-bond donors (Lipinski definition) is 2. The molecule has 0 aromatic heterocycles. The summed E-state index contributed by atoms with van der Waals surface area (Å²) in [5, 5.41) is 12.3. The number of unbranched alkanes of at least 4 members (excludes halogenated alkanes) is 1. The zero-order valence-electron chi connectivity index (χ0n) is 13.3. The van der Waals surface area contributed by atoms with Crippen molar-refractivity contribution in [2.75, 3.05) is 26.2 Å². The van der Waals surface area contributed by atoms with Gasteiger partial charge < -0.3 is 15.3 Å². The van der Waals surface area contributed by atoms with Crippen LogP contribution in [0.2, 0.25) is 0 Å². The molecule has 0 aliphatic rings. The predicted molar refractivity (Wildman–Crippen MR) is 80.5 cm³/mol. The average molecular weight is 272 g/mol. The summed E-state index contributed by atoms with van der Waals surface area (Å²) in [7, 11) is 0. The molecule has 0 aliphatic heterocycles. The highest BCUT2D eigenvalue weighted by molar-refractivity contribution is 5.78. The third kappa shape index (κ3) is 7.53. The molecule has 114 valence electrons. The van der Waals surface area contributed by atoms with Crippen molar-refractivity contribution in [2.45, 2.75) is 59.4 Å². The van der Waals surface area contributed by atoms with E-state index in [0.29, 0.717) is 18.9 Å². The molecule has 19 heavy (non-hydrogen) atoms. The number of nitrogens with zero attached hydrogens (tertiary/aromatic N) is 1. The lowest BCUT2D eigenvalue weighted by molar-refractivity contribution is -0.144. The fraction of sp³-hybridized carbons (Fsp3) is 0.933. The SMILES string of the molecule is CCNC(C)(CCCCN(CC)CC(C)C)C(=O)O. The zero-order chi connectivity index (χ0) is 14.9. The van der Waals surface area contributed by atoms with Crippen LogP contribution in [-0.4, -0.2) is 47.7 Å². The monoisotopic (exact) mass is 272 g/mol. The molecular formula is C15H32N2O2. The first kappa shape index (κ1) is 18.4. The van der Waals surface area contributed by atoms with E-state index in [0.717, 1.165) is 32.5 Å². The van der Waals surface area contributed by atoms with Crippen LogP contribution in [0.5, 0.6) is 0 Å². The highest BCUT2D eigenvalue weighted by Gasteiger charge is 2.31. The van der Waals surface area contributed by atoms with Crippen LogP contribution in [-0.2, 0) is 4.79 Å². The molecule has 0 spiro atoms. The van der Waals surface area contributed by atoms with Gasteiger partial charge in [0.2, 0.25) is 0 Å². The first-order chi connectivity index (χ1) is 8.85. The Morgan fingerprint density at radius 2 is 1.95 bits per heavy atom. The van der Waals surface area contributed by atoms with Gasteiger partial charge in [0.05, 0.1) is 0 Å². The van der Waals surface area contributed by atoms with Crippen molar-refractivity contribution in [1.29, 1.82) is 0 Å². The van der Waals surface area contributed by atoms with E-state index in [9.17, 15) is 9.90 Å².